The highest BCUT2D eigenvalue weighted by Crippen LogP contribution is 2.43. The molecule has 0 spiro atoms. The summed E-state index contributed by atoms with van der Waals surface area (Å²) in [5.41, 5.74) is 0.594. The Morgan fingerprint density at radius 1 is 1.06 bits per heavy atom. The van der Waals surface area contributed by atoms with Gasteiger partial charge in [-0.25, -0.2) is 8.78 Å². The molecule has 0 saturated carbocycles. The van der Waals surface area contributed by atoms with Crippen molar-refractivity contribution in [1.82, 2.24) is 0 Å². The first-order valence-electron chi connectivity index (χ1n) is 11.4. The lowest BCUT2D eigenvalue weighted by molar-refractivity contribution is -0.132. The maximum absolute atomic E-state index is 14.8. The van der Waals surface area contributed by atoms with Gasteiger partial charge in [-0.1, -0.05) is 26.0 Å². The van der Waals surface area contributed by atoms with Gasteiger partial charge < -0.3 is 14.9 Å². The summed E-state index contributed by atoms with van der Waals surface area (Å²) in [5.74, 6) is -3.74. The molecule has 2 N–H and O–H groups in total. The number of hydrogen-bond donors (Lipinski definition) is 2. The van der Waals surface area contributed by atoms with Crippen LogP contribution >= 0.6 is 0 Å². The molecule has 1 aliphatic rings. The Bertz CT molecular complexity index is 1380. The monoisotopic (exact) mass is 493 g/mol. The molecule has 0 radical (unpaired) electrons. The molecular weight excluding hydrogens is 468 g/mol. The van der Waals surface area contributed by atoms with Crippen LogP contribution in [0.15, 0.2) is 66.2 Å². The number of Topliss-reactive ketones (excluding diaryl/α,β-unsaturated/α-hetero) is 1. The number of aliphatic hydroxyl groups excluding tert-OH is 1. The van der Waals surface area contributed by atoms with Crippen LogP contribution in [0.1, 0.15) is 36.6 Å². The van der Waals surface area contributed by atoms with Gasteiger partial charge in [-0.15, -0.1) is 0 Å². The number of ketones is 1. The fourth-order valence-corrected chi connectivity index (χ4v) is 4.14. The van der Waals surface area contributed by atoms with Gasteiger partial charge in [0.1, 0.15) is 28.9 Å². The van der Waals surface area contributed by atoms with E-state index >= 15 is 0 Å². The summed E-state index contributed by atoms with van der Waals surface area (Å²) in [6.45, 7) is 6.31. The third-order valence-electron chi connectivity index (χ3n) is 5.82. The summed E-state index contributed by atoms with van der Waals surface area (Å²) in [4.78, 5) is 27.2. The van der Waals surface area contributed by atoms with E-state index in [2.05, 4.69) is 0 Å². The third kappa shape index (κ3) is 4.66. The standard InChI is InChI=1S/C28H25F2NO5/c1-15(2)14-36-23-10-7-18(11-16(23)3)26(33)24-25(17-5-4-6-20(32)12-17)31(28(35)27(24)34)22-9-8-19(29)13-21(22)30/h4-13,15,25,32-33H,14H2,1-3H3/b26-24+. The number of carbonyl (C=O) groups is 2. The largest absolute Gasteiger partial charge is 0.508 e. The highest BCUT2D eigenvalue weighted by atomic mass is 19.1. The molecule has 1 unspecified atom stereocenters. The predicted octanol–water partition coefficient (Wildman–Crippen LogP) is 5.64. The maximum Gasteiger partial charge on any atom is 0.300 e. The van der Waals surface area contributed by atoms with Crippen molar-refractivity contribution < 1.29 is 33.3 Å². The van der Waals surface area contributed by atoms with Crippen LogP contribution in [0.4, 0.5) is 14.5 Å². The first-order valence-corrected chi connectivity index (χ1v) is 11.4. The molecule has 1 amide bonds. The molecule has 1 atom stereocenters. The van der Waals surface area contributed by atoms with E-state index in [0.29, 0.717) is 29.9 Å². The van der Waals surface area contributed by atoms with Crippen molar-refractivity contribution in [3.63, 3.8) is 0 Å². The Morgan fingerprint density at radius 2 is 1.81 bits per heavy atom. The molecule has 36 heavy (non-hydrogen) atoms. The second kappa shape index (κ2) is 9.81. The molecule has 1 fully saturated rings. The Balaban J connectivity index is 1.88. The van der Waals surface area contributed by atoms with Crippen molar-refractivity contribution in [3.05, 3.63) is 94.6 Å². The summed E-state index contributed by atoms with van der Waals surface area (Å²) >= 11 is 0. The number of amides is 1. The van der Waals surface area contributed by atoms with E-state index in [1.165, 1.54) is 24.3 Å². The lowest BCUT2D eigenvalue weighted by Gasteiger charge is -2.26. The van der Waals surface area contributed by atoms with Crippen LogP contribution in [0.3, 0.4) is 0 Å². The normalized spacial score (nSPS) is 17.2. The average Bonchev–Trinajstić information content (AvgIpc) is 3.08. The van der Waals surface area contributed by atoms with Crippen LogP contribution < -0.4 is 9.64 Å². The first kappa shape index (κ1) is 24.9. The van der Waals surface area contributed by atoms with E-state index in [-0.39, 0.29) is 28.1 Å². The maximum atomic E-state index is 14.8. The summed E-state index contributed by atoms with van der Waals surface area (Å²) in [6, 6.07) is 11.9. The summed E-state index contributed by atoms with van der Waals surface area (Å²) in [7, 11) is 0. The number of anilines is 1. The smallest absolute Gasteiger partial charge is 0.300 e. The first-order chi connectivity index (χ1) is 17.1. The van der Waals surface area contributed by atoms with Gasteiger partial charge in [0.15, 0.2) is 0 Å². The highest BCUT2D eigenvalue weighted by Gasteiger charge is 2.47. The number of aromatic hydroxyl groups is 1. The minimum Gasteiger partial charge on any atom is -0.508 e. The van der Waals surface area contributed by atoms with E-state index in [1.54, 1.807) is 25.1 Å². The minimum absolute atomic E-state index is 0.153. The van der Waals surface area contributed by atoms with Crippen LogP contribution in [-0.2, 0) is 9.59 Å². The molecule has 3 aromatic rings. The molecule has 4 rings (SSSR count). The number of aliphatic hydroxyl groups is 1. The summed E-state index contributed by atoms with van der Waals surface area (Å²) in [5, 5.41) is 21.3. The Hall–Kier alpha value is -4.20. The van der Waals surface area contributed by atoms with Gasteiger partial charge in [0.2, 0.25) is 0 Å². The minimum atomic E-state index is -1.27. The number of rotatable bonds is 6. The molecule has 0 aliphatic carbocycles. The van der Waals surface area contributed by atoms with Gasteiger partial charge >= 0.3 is 0 Å². The molecule has 0 bridgehead atoms. The number of aryl methyl sites for hydroxylation is 1. The van der Waals surface area contributed by atoms with Crippen molar-refractivity contribution in [1.29, 1.82) is 0 Å². The van der Waals surface area contributed by atoms with Crippen molar-refractivity contribution in [2.24, 2.45) is 5.92 Å². The third-order valence-corrected chi connectivity index (χ3v) is 5.82. The topological polar surface area (TPSA) is 87.1 Å². The Morgan fingerprint density at radius 3 is 2.44 bits per heavy atom. The molecule has 1 heterocycles. The van der Waals surface area contributed by atoms with Gasteiger partial charge in [-0.05, 0) is 66.4 Å². The molecule has 0 aromatic heterocycles. The zero-order chi connectivity index (χ0) is 26.1. The van der Waals surface area contributed by atoms with Crippen LogP contribution in [0.5, 0.6) is 11.5 Å². The van der Waals surface area contributed by atoms with Gasteiger partial charge in [0, 0.05) is 11.6 Å². The Labute approximate surface area is 207 Å². The van der Waals surface area contributed by atoms with Crippen molar-refractivity contribution in [2.45, 2.75) is 26.8 Å². The number of phenolic OH excluding ortho intramolecular Hbond substituents is 1. The number of ether oxygens (including phenoxy) is 1. The van der Waals surface area contributed by atoms with E-state index in [9.17, 15) is 28.6 Å². The number of benzene rings is 3. The fourth-order valence-electron chi connectivity index (χ4n) is 4.14. The molecular formula is C28H25F2NO5. The summed E-state index contributed by atoms with van der Waals surface area (Å²) < 4.78 is 34.1. The number of phenols is 1. The van der Waals surface area contributed by atoms with Crippen LogP contribution in [0.25, 0.3) is 5.76 Å². The van der Waals surface area contributed by atoms with Gasteiger partial charge in [0.05, 0.1) is 23.9 Å². The second-order valence-corrected chi connectivity index (χ2v) is 9.04. The zero-order valence-corrected chi connectivity index (χ0v) is 20.0. The second-order valence-electron chi connectivity index (χ2n) is 9.04. The van der Waals surface area contributed by atoms with E-state index in [1.807, 2.05) is 13.8 Å². The Kier molecular flexibility index (Phi) is 6.79. The average molecular weight is 494 g/mol. The summed E-state index contributed by atoms with van der Waals surface area (Å²) in [6.07, 6.45) is 0. The lowest BCUT2D eigenvalue weighted by Crippen LogP contribution is -2.30. The van der Waals surface area contributed by atoms with Crippen LogP contribution in [-0.4, -0.2) is 28.5 Å². The van der Waals surface area contributed by atoms with Crippen LogP contribution in [0.2, 0.25) is 0 Å². The van der Waals surface area contributed by atoms with Gasteiger partial charge in [-0.3, -0.25) is 14.5 Å². The van der Waals surface area contributed by atoms with Crippen molar-refractivity contribution in [3.8, 4) is 11.5 Å². The number of nitrogens with zero attached hydrogens (tertiary/aromatic N) is 1. The van der Waals surface area contributed by atoms with E-state index < -0.39 is 35.1 Å². The molecule has 3 aromatic carbocycles. The number of halogens is 2. The quantitative estimate of drug-likeness (QED) is 0.264. The van der Waals surface area contributed by atoms with Crippen molar-refractivity contribution >= 4 is 23.1 Å². The van der Waals surface area contributed by atoms with E-state index in [4.69, 9.17) is 4.74 Å². The van der Waals surface area contributed by atoms with E-state index in [0.717, 1.165) is 17.0 Å². The molecule has 1 aliphatic heterocycles. The molecule has 6 nitrogen and oxygen atoms in total. The van der Waals surface area contributed by atoms with Gasteiger partial charge in [0.25, 0.3) is 11.7 Å². The SMILES string of the molecule is Cc1cc(/C(O)=C2\C(=O)C(=O)N(c3ccc(F)cc3F)C2c2cccc(O)c2)ccc1OCC(C)C. The molecule has 8 heteroatoms. The molecule has 1 saturated heterocycles. The number of carbonyl (C=O) groups excluding carboxylic acids is 2. The highest BCUT2D eigenvalue weighted by molar-refractivity contribution is 6.51. The molecule has 186 valence electrons. The van der Waals surface area contributed by atoms with Crippen molar-refractivity contribution in [2.75, 3.05) is 11.5 Å². The predicted molar refractivity (Wildman–Crippen MR) is 131 cm³/mol. The number of hydrogen-bond acceptors (Lipinski definition) is 5. The zero-order valence-electron chi connectivity index (χ0n) is 20.0. The fraction of sp³-hybridized carbons (Fsp3) is 0.214. The van der Waals surface area contributed by atoms with Crippen LogP contribution in [0, 0.1) is 24.5 Å². The lowest BCUT2D eigenvalue weighted by atomic mass is 9.94. The van der Waals surface area contributed by atoms with Gasteiger partial charge in [-0.2, -0.15) is 0 Å².